The molecule has 0 fully saturated rings. The number of halogens is 2. The van der Waals surface area contributed by atoms with E-state index in [0.29, 0.717) is 21.9 Å². The van der Waals surface area contributed by atoms with Crippen molar-refractivity contribution in [2.45, 2.75) is 0 Å². The lowest BCUT2D eigenvalue weighted by molar-refractivity contribution is 0.986. The molecule has 6 nitrogen and oxygen atoms in total. The lowest BCUT2D eigenvalue weighted by Crippen LogP contribution is -1.96. The van der Waals surface area contributed by atoms with Crippen LogP contribution in [0.5, 0.6) is 0 Å². The molecule has 0 radical (unpaired) electrons. The van der Waals surface area contributed by atoms with Crippen molar-refractivity contribution in [3.63, 3.8) is 0 Å². The van der Waals surface area contributed by atoms with Crippen molar-refractivity contribution in [2.24, 2.45) is 0 Å². The van der Waals surface area contributed by atoms with Crippen LogP contribution in [-0.2, 0) is 0 Å². The molecule has 0 aliphatic heterocycles. The number of aromatic amines is 1. The van der Waals surface area contributed by atoms with Crippen molar-refractivity contribution in [3.05, 3.63) is 57.9 Å². The standard InChI is InChI=1S/C17H10Cl2N6S/c18-9-5-6-10(11(19)7-9)14-8-26-17-23-16(24-25(14)17)22-15-20-12-3-1-2-4-13(12)21-15/h1-8H,(H2,20,21,22,24). The minimum absolute atomic E-state index is 0.460. The third kappa shape index (κ3) is 2.61. The Morgan fingerprint density at radius 1 is 1.08 bits per heavy atom. The maximum Gasteiger partial charge on any atom is 0.250 e. The lowest BCUT2D eigenvalue weighted by atomic mass is 10.2. The van der Waals surface area contributed by atoms with E-state index in [1.165, 1.54) is 11.3 Å². The smallest absolute Gasteiger partial charge is 0.250 e. The zero-order chi connectivity index (χ0) is 17.7. The van der Waals surface area contributed by atoms with Gasteiger partial charge in [0.1, 0.15) is 0 Å². The molecule has 2 aromatic carbocycles. The number of anilines is 2. The first-order chi connectivity index (χ1) is 12.7. The van der Waals surface area contributed by atoms with Gasteiger partial charge in [0.15, 0.2) is 0 Å². The highest BCUT2D eigenvalue weighted by molar-refractivity contribution is 7.15. The fourth-order valence-electron chi connectivity index (χ4n) is 2.74. The van der Waals surface area contributed by atoms with Crippen LogP contribution in [0.4, 0.5) is 11.9 Å². The predicted octanol–water partition coefficient (Wildman–Crippen LogP) is 5.38. The second-order valence-corrected chi connectivity index (χ2v) is 7.28. The molecule has 3 heterocycles. The molecular formula is C17H10Cl2N6S. The highest BCUT2D eigenvalue weighted by Crippen LogP contribution is 2.33. The first-order valence-electron chi connectivity index (χ1n) is 7.69. The summed E-state index contributed by atoms with van der Waals surface area (Å²) in [4.78, 5) is 12.9. The summed E-state index contributed by atoms with van der Waals surface area (Å²) in [6, 6.07) is 13.2. The van der Waals surface area contributed by atoms with E-state index in [2.05, 4.69) is 25.4 Å². The van der Waals surface area contributed by atoms with Crippen LogP contribution >= 0.6 is 34.5 Å². The number of aromatic nitrogens is 5. The van der Waals surface area contributed by atoms with Gasteiger partial charge in [0, 0.05) is 16.0 Å². The first-order valence-corrected chi connectivity index (χ1v) is 9.32. The van der Waals surface area contributed by atoms with Crippen LogP contribution in [0.1, 0.15) is 0 Å². The maximum absolute atomic E-state index is 6.33. The summed E-state index contributed by atoms with van der Waals surface area (Å²) in [5, 5.41) is 10.8. The van der Waals surface area contributed by atoms with Gasteiger partial charge in [-0.1, -0.05) is 35.3 Å². The van der Waals surface area contributed by atoms with Crippen LogP contribution in [0.15, 0.2) is 47.8 Å². The summed E-state index contributed by atoms with van der Waals surface area (Å²) in [7, 11) is 0. The van der Waals surface area contributed by atoms with Gasteiger partial charge in [-0.05, 0) is 30.3 Å². The summed E-state index contributed by atoms with van der Waals surface area (Å²) >= 11 is 13.8. The number of hydrogen-bond acceptors (Lipinski definition) is 5. The van der Waals surface area contributed by atoms with Gasteiger partial charge < -0.3 is 4.98 Å². The summed E-state index contributed by atoms with van der Waals surface area (Å²) in [5.74, 6) is 1.05. The Labute approximate surface area is 161 Å². The SMILES string of the molecule is Clc1ccc(-c2csc3nc(Nc4nc5ccccc5[nH]4)nn23)c(Cl)c1. The van der Waals surface area contributed by atoms with E-state index in [9.17, 15) is 0 Å². The van der Waals surface area contributed by atoms with Gasteiger partial charge in [-0.15, -0.1) is 16.4 Å². The second-order valence-electron chi connectivity index (χ2n) is 5.60. The number of benzene rings is 2. The molecule has 2 N–H and O–H groups in total. The average Bonchev–Trinajstić information content (AvgIpc) is 3.29. The second kappa shape index (κ2) is 5.98. The van der Waals surface area contributed by atoms with E-state index in [1.807, 2.05) is 35.7 Å². The van der Waals surface area contributed by atoms with Crippen molar-refractivity contribution in [3.8, 4) is 11.3 Å². The van der Waals surface area contributed by atoms with Gasteiger partial charge in [-0.3, -0.25) is 5.32 Å². The number of hydrogen-bond donors (Lipinski definition) is 2. The molecule has 0 spiro atoms. The first kappa shape index (κ1) is 15.6. The fourth-order valence-corrected chi connectivity index (χ4v) is 4.06. The number of imidazole rings is 1. The zero-order valence-corrected chi connectivity index (χ0v) is 15.4. The largest absolute Gasteiger partial charge is 0.324 e. The van der Waals surface area contributed by atoms with Crippen LogP contribution in [0.3, 0.4) is 0 Å². The van der Waals surface area contributed by atoms with Crippen LogP contribution in [-0.4, -0.2) is 24.6 Å². The highest BCUT2D eigenvalue weighted by atomic mass is 35.5. The van der Waals surface area contributed by atoms with E-state index in [1.54, 1.807) is 16.6 Å². The van der Waals surface area contributed by atoms with Gasteiger partial charge in [-0.2, -0.15) is 4.98 Å². The molecular weight excluding hydrogens is 391 g/mol. The van der Waals surface area contributed by atoms with Crippen LogP contribution < -0.4 is 5.32 Å². The van der Waals surface area contributed by atoms with Gasteiger partial charge in [0.2, 0.25) is 10.9 Å². The van der Waals surface area contributed by atoms with Crippen LogP contribution in [0.2, 0.25) is 10.0 Å². The summed E-state index contributed by atoms with van der Waals surface area (Å²) in [5.41, 5.74) is 3.54. The third-order valence-electron chi connectivity index (χ3n) is 3.91. The Balaban J connectivity index is 1.53. The normalized spacial score (nSPS) is 11.5. The average molecular weight is 401 g/mol. The molecule has 0 aliphatic rings. The van der Waals surface area contributed by atoms with Crippen molar-refractivity contribution in [2.75, 3.05) is 5.32 Å². The van der Waals surface area contributed by atoms with Crippen molar-refractivity contribution >= 4 is 62.4 Å². The third-order valence-corrected chi connectivity index (χ3v) is 5.27. The minimum atomic E-state index is 0.460. The molecule has 0 amide bonds. The Hall–Kier alpha value is -2.61. The lowest BCUT2D eigenvalue weighted by Gasteiger charge is -2.02. The molecule has 0 unspecified atom stereocenters. The van der Waals surface area contributed by atoms with Crippen molar-refractivity contribution in [1.29, 1.82) is 0 Å². The van der Waals surface area contributed by atoms with Crippen LogP contribution in [0, 0.1) is 0 Å². The highest BCUT2D eigenvalue weighted by Gasteiger charge is 2.15. The number of nitrogens with zero attached hydrogens (tertiary/aromatic N) is 4. The minimum Gasteiger partial charge on any atom is -0.324 e. The molecule has 26 heavy (non-hydrogen) atoms. The van der Waals surface area contributed by atoms with Gasteiger partial charge >= 0.3 is 0 Å². The monoisotopic (exact) mass is 400 g/mol. The zero-order valence-electron chi connectivity index (χ0n) is 13.1. The molecule has 0 saturated heterocycles. The summed E-state index contributed by atoms with van der Waals surface area (Å²) in [6.45, 7) is 0. The summed E-state index contributed by atoms with van der Waals surface area (Å²) in [6.07, 6.45) is 0. The van der Waals surface area contributed by atoms with Gasteiger partial charge in [-0.25, -0.2) is 9.50 Å². The number of H-pyrrole nitrogens is 1. The Morgan fingerprint density at radius 2 is 1.96 bits per heavy atom. The van der Waals surface area contributed by atoms with Gasteiger partial charge in [0.05, 0.1) is 21.7 Å². The Morgan fingerprint density at radius 3 is 2.81 bits per heavy atom. The maximum atomic E-state index is 6.33. The topological polar surface area (TPSA) is 70.9 Å². The van der Waals surface area contributed by atoms with Crippen molar-refractivity contribution < 1.29 is 0 Å². The van der Waals surface area contributed by atoms with E-state index < -0.39 is 0 Å². The Kier molecular flexibility index (Phi) is 3.59. The molecule has 5 aromatic rings. The molecule has 128 valence electrons. The predicted molar refractivity (Wildman–Crippen MR) is 106 cm³/mol. The Bertz CT molecular complexity index is 1220. The fraction of sp³-hybridized carbons (Fsp3) is 0. The van der Waals surface area contributed by atoms with Crippen molar-refractivity contribution in [1.82, 2.24) is 24.6 Å². The van der Waals surface area contributed by atoms with E-state index in [4.69, 9.17) is 23.2 Å². The molecule has 0 bridgehead atoms. The van der Waals surface area contributed by atoms with Crippen LogP contribution in [0.25, 0.3) is 27.3 Å². The molecule has 5 rings (SSSR count). The molecule has 9 heteroatoms. The number of thiazole rings is 1. The molecule has 0 aliphatic carbocycles. The van der Waals surface area contributed by atoms with Gasteiger partial charge in [0.25, 0.3) is 5.95 Å². The quantitative estimate of drug-likeness (QED) is 0.426. The number of rotatable bonds is 3. The molecule has 3 aromatic heterocycles. The van der Waals surface area contributed by atoms with E-state index >= 15 is 0 Å². The molecule has 0 saturated carbocycles. The number of fused-ring (bicyclic) bond motifs is 2. The number of nitrogens with one attached hydrogen (secondary N) is 2. The molecule has 0 atom stereocenters. The summed E-state index contributed by atoms with van der Waals surface area (Å²) < 4.78 is 1.75. The number of para-hydroxylation sites is 2. The van der Waals surface area contributed by atoms with E-state index in [-0.39, 0.29) is 0 Å². The van der Waals surface area contributed by atoms with E-state index in [0.717, 1.165) is 27.3 Å².